The van der Waals surface area contributed by atoms with Gasteiger partial charge in [0.2, 0.25) is 0 Å². The number of hydrogen-bond donors (Lipinski definition) is 0. The van der Waals surface area contributed by atoms with E-state index < -0.39 is 23.2 Å². The normalized spacial score (nSPS) is 16.4. The standard InChI is InChI=1S/2C20H15.2FH.Zr/c2*1-14-12-16-8-5-11-19(20(16)13-14)18-10-4-7-15-6-2-3-9-17(15)18;;;/h2*2-13H,1H3;2*1H;/q;;;;+2/p-2. The summed E-state index contributed by atoms with van der Waals surface area (Å²) < 4.78 is 1.17. The molecule has 0 amide bonds. The Kier molecular flexibility index (Phi) is 7.88. The summed E-state index contributed by atoms with van der Waals surface area (Å²) >= 11 is -0.930. The van der Waals surface area contributed by atoms with Gasteiger partial charge in [-0.25, -0.2) is 0 Å². The van der Waals surface area contributed by atoms with Gasteiger partial charge in [0.15, 0.2) is 0 Å². The smallest absolute Gasteiger partial charge is 1.00 e. The second kappa shape index (κ2) is 11.6. The van der Waals surface area contributed by atoms with Gasteiger partial charge in [-0.1, -0.05) is 0 Å². The molecule has 43 heavy (non-hydrogen) atoms. The minimum Gasteiger partial charge on any atom is -1.00 e. The fraction of sp³-hybridized carbons (Fsp3) is 0.100. The third kappa shape index (κ3) is 4.75. The summed E-state index contributed by atoms with van der Waals surface area (Å²) in [6, 6.07) is 45.0. The van der Waals surface area contributed by atoms with E-state index in [2.05, 4.69) is 147 Å². The monoisotopic (exact) mass is 638 g/mol. The van der Waals surface area contributed by atoms with Crippen LogP contribution >= 0.6 is 0 Å². The zero-order chi connectivity index (χ0) is 27.5. The van der Waals surface area contributed by atoms with Crippen LogP contribution in [0.5, 0.6) is 0 Å². The predicted octanol–water partition coefficient (Wildman–Crippen LogP) is 5.03. The average molecular weight is 640 g/mol. The number of benzene rings is 6. The first kappa shape index (κ1) is 29.1. The molecule has 2 aliphatic rings. The maximum absolute atomic E-state index is 2.50. The van der Waals surface area contributed by atoms with Crippen molar-refractivity contribution in [1.29, 1.82) is 0 Å². The Labute approximate surface area is 263 Å². The maximum atomic E-state index is 2.50. The van der Waals surface area contributed by atoms with Crippen molar-refractivity contribution in [2.75, 3.05) is 0 Å². The molecule has 0 aliphatic heterocycles. The van der Waals surface area contributed by atoms with E-state index in [4.69, 9.17) is 0 Å². The summed E-state index contributed by atoms with van der Waals surface area (Å²) in [6.07, 6.45) is 5.00. The third-order valence-electron chi connectivity index (χ3n) is 9.05. The van der Waals surface area contributed by atoms with Crippen LogP contribution in [0, 0.1) is 0 Å². The van der Waals surface area contributed by atoms with Crippen molar-refractivity contribution in [2.24, 2.45) is 0 Å². The number of fused-ring (bicyclic) bond motifs is 4. The molecule has 0 heterocycles. The van der Waals surface area contributed by atoms with Gasteiger partial charge in [-0.05, 0) is 0 Å². The van der Waals surface area contributed by atoms with Crippen molar-refractivity contribution in [2.45, 2.75) is 21.1 Å². The molecular formula is C40H30F2Zr. The van der Waals surface area contributed by atoms with E-state index in [1.165, 1.54) is 54.9 Å². The van der Waals surface area contributed by atoms with Gasteiger partial charge in [0.05, 0.1) is 0 Å². The minimum absolute atomic E-state index is 0. The van der Waals surface area contributed by atoms with E-state index in [0.717, 1.165) is 0 Å². The second-order valence-electron chi connectivity index (χ2n) is 11.5. The van der Waals surface area contributed by atoms with Crippen LogP contribution in [0.3, 0.4) is 0 Å². The van der Waals surface area contributed by atoms with Crippen molar-refractivity contribution < 1.29 is 32.6 Å². The molecule has 3 heteroatoms. The fourth-order valence-corrected chi connectivity index (χ4v) is 11.7. The summed E-state index contributed by atoms with van der Waals surface area (Å²) in [7, 11) is 0. The summed E-state index contributed by atoms with van der Waals surface area (Å²) in [5.74, 6) is 0. The van der Waals surface area contributed by atoms with Gasteiger partial charge in [-0.3, -0.25) is 0 Å². The van der Waals surface area contributed by atoms with Crippen molar-refractivity contribution in [3.63, 3.8) is 0 Å². The van der Waals surface area contributed by atoms with Gasteiger partial charge >= 0.3 is 255 Å². The molecule has 0 saturated heterocycles. The van der Waals surface area contributed by atoms with E-state index in [0.29, 0.717) is 7.25 Å². The Balaban J connectivity index is 0.00000165. The van der Waals surface area contributed by atoms with Crippen molar-refractivity contribution >= 4 is 33.7 Å². The Morgan fingerprint density at radius 3 is 1.26 bits per heavy atom. The zero-order valence-corrected chi connectivity index (χ0v) is 26.6. The Hall–Kier alpha value is -3.94. The van der Waals surface area contributed by atoms with E-state index in [-0.39, 0.29) is 9.41 Å². The summed E-state index contributed by atoms with van der Waals surface area (Å²) in [5.41, 5.74) is 14.5. The first-order chi connectivity index (χ1) is 20.2. The molecule has 0 bridgehead atoms. The van der Waals surface area contributed by atoms with Gasteiger partial charge in [-0.15, -0.1) is 0 Å². The maximum Gasteiger partial charge on any atom is -1.00 e. The van der Waals surface area contributed by atoms with Crippen LogP contribution in [0.4, 0.5) is 0 Å². The first-order valence-corrected chi connectivity index (χ1v) is 17.4. The van der Waals surface area contributed by atoms with Crippen LogP contribution in [0.1, 0.15) is 43.4 Å². The largest absolute Gasteiger partial charge is 1.00 e. The number of rotatable bonds is 4. The fourth-order valence-electron chi connectivity index (χ4n) is 7.10. The van der Waals surface area contributed by atoms with Crippen LogP contribution in [-0.4, -0.2) is 0 Å². The van der Waals surface area contributed by atoms with E-state index >= 15 is 0 Å². The van der Waals surface area contributed by atoms with Crippen LogP contribution in [0.25, 0.3) is 56.0 Å². The second-order valence-corrected chi connectivity index (χ2v) is 15.1. The van der Waals surface area contributed by atoms with Crippen LogP contribution in [0.2, 0.25) is 0 Å². The molecule has 0 fully saturated rings. The third-order valence-corrected chi connectivity index (χ3v) is 14.5. The molecule has 2 atom stereocenters. The first-order valence-electron chi connectivity index (χ1n) is 14.5. The van der Waals surface area contributed by atoms with Gasteiger partial charge in [0.25, 0.3) is 0 Å². The van der Waals surface area contributed by atoms with Gasteiger partial charge < -0.3 is 9.41 Å². The van der Waals surface area contributed by atoms with Gasteiger partial charge in [0, 0.05) is 0 Å². The van der Waals surface area contributed by atoms with Gasteiger partial charge in [-0.2, -0.15) is 0 Å². The molecular weight excluding hydrogens is 610 g/mol. The average Bonchev–Trinajstić information content (AvgIpc) is 3.51. The summed E-state index contributed by atoms with van der Waals surface area (Å²) in [4.78, 5) is 0. The zero-order valence-electron chi connectivity index (χ0n) is 24.1. The van der Waals surface area contributed by atoms with Crippen molar-refractivity contribution in [3.8, 4) is 22.3 Å². The predicted molar refractivity (Wildman–Crippen MR) is 172 cm³/mol. The molecule has 0 saturated carbocycles. The Morgan fingerprint density at radius 1 is 0.419 bits per heavy atom. The molecule has 2 unspecified atom stereocenters. The Morgan fingerprint density at radius 2 is 0.791 bits per heavy atom. The molecule has 0 N–H and O–H groups in total. The molecule has 6 aromatic carbocycles. The SMILES string of the molecule is CC1=Cc2c(-c3cccc4ccccc34)cccc2[CH]1[Zr+2][CH]1C(C)=Cc2c(-c3cccc4ccccc34)cccc21.[F-].[F-]. The minimum atomic E-state index is -0.930. The van der Waals surface area contributed by atoms with Crippen LogP contribution in [-0.2, 0) is 23.2 Å². The molecule has 0 radical (unpaired) electrons. The van der Waals surface area contributed by atoms with E-state index in [1.807, 2.05) is 0 Å². The van der Waals surface area contributed by atoms with Crippen molar-refractivity contribution in [1.82, 2.24) is 0 Å². The molecule has 0 aromatic heterocycles. The molecule has 208 valence electrons. The topological polar surface area (TPSA) is 0 Å². The molecule has 6 aromatic rings. The van der Waals surface area contributed by atoms with Gasteiger partial charge in [0.1, 0.15) is 0 Å². The van der Waals surface area contributed by atoms with Crippen molar-refractivity contribution in [3.05, 3.63) is 155 Å². The summed E-state index contributed by atoms with van der Waals surface area (Å²) in [6.45, 7) is 4.75. The van der Waals surface area contributed by atoms with E-state index in [9.17, 15) is 0 Å². The molecule has 2 aliphatic carbocycles. The van der Waals surface area contributed by atoms with E-state index in [1.54, 1.807) is 22.3 Å². The quantitative estimate of drug-likeness (QED) is 0.254. The number of hydrogen-bond acceptors (Lipinski definition) is 0. The van der Waals surface area contributed by atoms with Crippen LogP contribution in [0.15, 0.2) is 132 Å². The Bertz CT molecular complexity index is 1910. The number of allylic oxidation sites excluding steroid dienone is 2. The summed E-state index contributed by atoms with van der Waals surface area (Å²) in [5, 5.41) is 5.28. The molecule has 8 rings (SSSR count). The number of halogens is 2. The molecule has 0 spiro atoms. The molecule has 0 nitrogen and oxygen atoms in total. The van der Waals surface area contributed by atoms with Crippen LogP contribution < -0.4 is 9.41 Å².